The number of halogens is 1. The van der Waals surface area contributed by atoms with Gasteiger partial charge in [-0.1, -0.05) is 11.6 Å². The molecule has 0 atom stereocenters. The van der Waals surface area contributed by atoms with Crippen molar-refractivity contribution in [2.45, 2.75) is 25.5 Å². The first-order valence-corrected chi connectivity index (χ1v) is 7.55. The van der Waals surface area contributed by atoms with Crippen molar-refractivity contribution in [2.75, 3.05) is 13.6 Å². The summed E-state index contributed by atoms with van der Waals surface area (Å²) >= 11 is 5.88. The van der Waals surface area contributed by atoms with Crippen LogP contribution in [0.3, 0.4) is 0 Å². The van der Waals surface area contributed by atoms with Crippen LogP contribution < -0.4 is 0 Å². The molecule has 1 aromatic carbocycles. The second-order valence-corrected chi connectivity index (χ2v) is 6.25. The standard InChI is InChI=1S/C16H19ClN2O2/c1-19(9-11-6-14(20)7-11)10-16-18-8-15(21-16)12-2-4-13(17)5-3-12/h2-5,8,11,14,20H,6-7,9-10H2,1H3. The molecule has 0 bridgehead atoms. The monoisotopic (exact) mass is 306 g/mol. The molecule has 5 heteroatoms. The van der Waals surface area contributed by atoms with Crippen LogP contribution in [-0.2, 0) is 6.54 Å². The summed E-state index contributed by atoms with van der Waals surface area (Å²) in [5.74, 6) is 2.06. The Morgan fingerprint density at radius 2 is 2.05 bits per heavy atom. The van der Waals surface area contributed by atoms with Gasteiger partial charge < -0.3 is 9.52 Å². The molecule has 21 heavy (non-hydrogen) atoms. The summed E-state index contributed by atoms with van der Waals surface area (Å²) in [6.45, 7) is 1.65. The van der Waals surface area contributed by atoms with Crippen LogP contribution in [0.4, 0.5) is 0 Å². The summed E-state index contributed by atoms with van der Waals surface area (Å²) in [5.41, 5.74) is 0.975. The molecule has 0 radical (unpaired) electrons. The lowest BCUT2D eigenvalue weighted by Crippen LogP contribution is -2.36. The Labute approximate surface area is 129 Å². The van der Waals surface area contributed by atoms with E-state index in [0.29, 0.717) is 23.4 Å². The Kier molecular flexibility index (Phi) is 4.29. The van der Waals surface area contributed by atoms with Crippen LogP contribution in [0, 0.1) is 5.92 Å². The second-order valence-electron chi connectivity index (χ2n) is 5.81. The Hall–Kier alpha value is -1.36. The molecule has 2 aromatic rings. The van der Waals surface area contributed by atoms with Gasteiger partial charge in [-0.3, -0.25) is 4.90 Å². The number of nitrogens with zero attached hydrogens (tertiary/aromatic N) is 2. The molecule has 0 saturated heterocycles. The lowest BCUT2D eigenvalue weighted by Gasteiger charge is -2.34. The third-order valence-corrected chi connectivity index (χ3v) is 4.12. The molecule has 1 aromatic heterocycles. The number of rotatable bonds is 5. The van der Waals surface area contributed by atoms with Crippen LogP contribution in [0.25, 0.3) is 11.3 Å². The van der Waals surface area contributed by atoms with E-state index in [1.807, 2.05) is 24.3 Å². The van der Waals surface area contributed by atoms with E-state index in [1.165, 1.54) is 0 Å². The van der Waals surface area contributed by atoms with Crippen molar-refractivity contribution in [3.63, 3.8) is 0 Å². The van der Waals surface area contributed by atoms with Crippen LogP contribution in [0.5, 0.6) is 0 Å². The van der Waals surface area contributed by atoms with Gasteiger partial charge in [-0.25, -0.2) is 4.98 Å². The average molecular weight is 307 g/mol. The smallest absolute Gasteiger partial charge is 0.209 e. The number of hydrogen-bond donors (Lipinski definition) is 1. The van der Waals surface area contributed by atoms with E-state index in [9.17, 15) is 5.11 Å². The molecule has 4 nitrogen and oxygen atoms in total. The maximum atomic E-state index is 9.31. The lowest BCUT2D eigenvalue weighted by molar-refractivity contribution is 0.0264. The van der Waals surface area contributed by atoms with Crippen LogP contribution in [0.1, 0.15) is 18.7 Å². The molecule has 0 amide bonds. The molecular formula is C16H19ClN2O2. The van der Waals surface area contributed by atoms with Crippen molar-refractivity contribution in [2.24, 2.45) is 5.92 Å². The first-order chi connectivity index (χ1) is 10.1. The average Bonchev–Trinajstić information content (AvgIpc) is 2.86. The molecule has 0 spiro atoms. The predicted octanol–water partition coefficient (Wildman–Crippen LogP) is 3.20. The van der Waals surface area contributed by atoms with E-state index in [4.69, 9.17) is 16.0 Å². The van der Waals surface area contributed by atoms with E-state index >= 15 is 0 Å². The number of hydrogen-bond acceptors (Lipinski definition) is 4. The summed E-state index contributed by atoms with van der Waals surface area (Å²) in [6.07, 6.45) is 3.47. The number of aliphatic hydroxyl groups excluding tert-OH is 1. The van der Waals surface area contributed by atoms with Crippen molar-refractivity contribution < 1.29 is 9.52 Å². The fraction of sp³-hybridized carbons (Fsp3) is 0.438. The molecule has 1 heterocycles. The van der Waals surface area contributed by atoms with Crippen LogP contribution in [0.15, 0.2) is 34.9 Å². The van der Waals surface area contributed by atoms with Crippen molar-refractivity contribution in [1.82, 2.24) is 9.88 Å². The normalized spacial score (nSPS) is 21.5. The molecular weight excluding hydrogens is 288 g/mol. The molecule has 0 aliphatic heterocycles. The number of aromatic nitrogens is 1. The van der Waals surface area contributed by atoms with Gasteiger partial charge >= 0.3 is 0 Å². The van der Waals surface area contributed by atoms with E-state index in [-0.39, 0.29) is 6.10 Å². The summed E-state index contributed by atoms with van der Waals surface area (Å²) in [4.78, 5) is 6.52. The quantitative estimate of drug-likeness (QED) is 0.921. The van der Waals surface area contributed by atoms with Crippen molar-refractivity contribution in [1.29, 1.82) is 0 Å². The highest BCUT2D eigenvalue weighted by Crippen LogP contribution is 2.28. The van der Waals surface area contributed by atoms with Gasteiger partial charge in [0.2, 0.25) is 5.89 Å². The van der Waals surface area contributed by atoms with E-state index in [1.54, 1.807) is 6.20 Å². The number of benzene rings is 1. The molecule has 3 rings (SSSR count). The minimum Gasteiger partial charge on any atom is -0.439 e. The molecule has 1 aliphatic rings. The van der Waals surface area contributed by atoms with Gasteiger partial charge in [-0.15, -0.1) is 0 Å². The number of aliphatic hydroxyl groups is 1. The van der Waals surface area contributed by atoms with Gasteiger partial charge in [-0.2, -0.15) is 0 Å². The highest BCUT2D eigenvalue weighted by Gasteiger charge is 2.28. The van der Waals surface area contributed by atoms with E-state index < -0.39 is 0 Å². The molecule has 1 saturated carbocycles. The summed E-state index contributed by atoms with van der Waals surface area (Å²) in [6, 6.07) is 7.53. The van der Waals surface area contributed by atoms with Crippen LogP contribution >= 0.6 is 11.6 Å². The van der Waals surface area contributed by atoms with E-state index in [2.05, 4.69) is 16.9 Å². The first kappa shape index (κ1) is 14.6. The van der Waals surface area contributed by atoms with Gasteiger partial charge in [-0.05, 0) is 50.1 Å². The Morgan fingerprint density at radius 3 is 2.71 bits per heavy atom. The zero-order valence-electron chi connectivity index (χ0n) is 12.0. The summed E-state index contributed by atoms with van der Waals surface area (Å²) < 4.78 is 5.79. The Balaban J connectivity index is 1.58. The highest BCUT2D eigenvalue weighted by atomic mass is 35.5. The van der Waals surface area contributed by atoms with Gasteiger partial charge in [0.05, 0.1) is 18.8 Å². The molecule has 1 fully saturated rings. The first-order valence-electron chi connectivity index (χ1n) is 7.17. The van der Waals surface area contributed by atoms with Crippen LogP contribution in [-0.4, -0.2) is 34.7 Å². The minimum absolute atomic E-state index is 0.0957. The molecule has 1 aliphatic carbocycles. The maximum Gasteiger partial charge on any atom is 0.209 e. The van der Waals surface area contributed by atoms with Gasteiger partial charge in [0, 0.05) is 17.1 Å². The van der Waals surface area contributed by atoms with Crippen molar-refractivity contribution >= 4 is 11.6 Å². The zero-order valence-corrected chi connectivity index (χ0v) is 12.8. The lowest BCUT2D eigenvalue weighted by atomic mass is 9.82. The topological polar surface area (TPSA) is 49.5 Å². The van der Waals surface area contributed by atoms with Crippen LogP contribution in [0.2, 0.25) is 5.02 Å². The predicted molar refractivity (Wildman–Crippen MR) is 82.0 cm³/mol. The van der Waals surface area contributed by atoms with E-state index in [0.717, 1.165) is 30.7 Å². The zero-order chi connectivity index (χ0) is 14.8. The molecule has 112 valence electrons. The van der Waals surface area contributed by atoms with Gasteiger partial charge in [0.15, 0.2) is 5.76 Å². The SMILES string of the molecule is CN(Cc1ncc(-c2ccc(Cl)cc2)o1)CC1CC(O)C1. The molecule has 0 unspecified atom stereocenters. The fourth-order valence-electron chi connectivity index (χ4n) is 2.72. The maximum absolute atomic E-state index is 9.31. The summed E-state index contributed by atoms with van der Waals surface area (Å²) in [5, 5.41) is 10.0. The largest absolute Gasteiger partial charge is 0.439 e. The second kappa shape index (κ2) is 6.18. The Morgan fingerprint density at radius 1 is 1.33 bits per heavy atom. The number of oxazole rings is 1. The molecule has 1 N–H and O–H groups in total. The fourth-order valence-corrected chi connectivity index (χ4v) is 2.84. The van der Waals surface area contributed by atoms with Gasteiger partial charge in [0.1, 0.15) is 0 Å². The Bertz CT molecular complexity index is 591. The van der Waals surface area contributed by atoms with Crippen molar-refractivity contribution in [3.05, 3.63) is 41.4 Å². The summed E-state index contributed by atoms with van der Waals surface area (Å²) in [7, 11) is 2.05. The van der Waals surface area contributed by atoms with Crippen molar-refractivity contribution in [3.8, 4) is 11.3 Å². The highest BCUT2D eigenvalue weighted by molar-refractivity contribution is 6.30. The third-order valence-electron chi connectivity index (χ3n) is 3.87. The third kappa shape index (κ3) is 3.64. The minimum atomic E-state index is -0.0957. The van der Waals surface area contributed by atoms with Gasteiger partial charge in [0.25, 0.3) is 0 Å².